The Labute approximate surface area is 136 Å². The highest BCUT2D eigenvalue weighted by Crippen LogP contribution is 2.34. The lowest BCUT2D eigenvalue weighted by atomic mass is 10.1. The van der Waals surface area contributed by atoms with Crippen molar-refractivity contribution in [3.05, 3.63) is 33.6 Å². The summed E-state index contributed by atoms with van der Waals surface area (Å²) in [6.45, 7) is 5.86. The molecule has 112 valence electrons. The summed E-state index contributed by atoms with van der Waals surface area (Å²) >= 11 is 4.87. The molecule has 21 heavy (non-hydrogen) atoms. The molecule has 4 nitrogen and oxygen atoms in total. The molecule has 0 atom stereocenters. The van der Waals surface area contributed by atoms with Crippen LogP contribution in [0.15, 0.2) is 28.7 Å². The standard InChI is InChI=1S/C15H17BrN2O2S/c1-3-18(4-2)15-17-14(12(21-15)9-13(19)20)10-5-7-11(16)8-6-10/h5-8H,3-4,9H2,1-2H3,(H,19,20). The van der Waals surface area contributed by atoms with Gasteiger partial charge in [0.15, 0.2) is 5.13 Å². The van der Waals surface area contributed by atoms with E-state index < -0.39 is 5.97 Å². The van der Waals surface area contributed by atoms with Crippen LogP contribution in [0, 0.1) is 0 Å². The van der Waals surface area contributed by atoms with Crippen LogP contribution in [0.2, 0.25) is 0 Å². The van der Waals surface area contributed by atoms with E-state index in [4.69, 9.17) is 5.11 Å². The molecule has 0 saturated heterocycles. The first-order chi connectivity index (χ1) is 10.0. The number of aliphatic carboxylic acids is 1. The number of hydrogen-bond donors (Lipinski definition) is 1. The van der Waals surface area contributed by atoms with E-state index in [1.54, 1.807) is 0 Å². The number of hydrogen-bond acceptors (Lipinski definition) is 4. The van der Waals surface area contributed by atoms with Crippen LogP contribution < -0.4 is 4.90 Å². The molecule has 1 aromatic heterocycles. The van der Waals surface area contributed by atoms with Crippen molar-refractivity contribution in [2.75, 3.05) is 18.0 Å². The Morgan fingerprint density at radius 2 is 1.90 bits per heavy atom. The predicted molar refractivity (Wildman–Crippen MR) is 90.2 cm³/mol. The summed E-state index contributed by atoms with van der Waals surface area (Å²) in [7, 11) is 0. The molecule has 2 rings (SSSR count). The molecular weight excluding hydrogens is 352 g/mol. The highest BCUT2D eigenvalue weighted by molar-refractivity contribution is 9.10. The number of carbonyl (C=O) groups is 1. The number of carboxylic acid groups (broad SMARTS) is 1. The molecule has 0 unspecified atom stereocenters. The van der Waals surface area contributed by atoms with Crippen LogP contribution in [0.25, 0.3) is 11.3 Å². The van der Waals surface area contributed by atoms with Gasteiger partial charge < -0.3 is 10.0 Å². The van der Waals surface area contributed by atoms with Gasteiger partial charge in [-0.2, -0.15) is 0 Å². The van der Waals surface area contributed by atoms with E-state index in [1.165, 1.54) is 11.3 Å². The number of carboxylic acids is 1. The van der Waals surface area contributed by atoms with Crippen molar-refractivity contribution in [2.24, 2.45) is 0 Å². The SMILES string of the molecule is CCN(CC)c1nc(-c2ccc(Br)cc2)c(CC(=O)O)s1. The van der Waals surface area contributed by atoms with Gasteiger partial charge in [-0.3, -0.25) is 4.79 Å². The molecule has 0 aliphatic carbocycles. The monoisotopic (exact) mass is 368 g/mol. The fraction of sp³-hybridized carbons (Fsp3) is 0.333. The molecule has 0 fully saturated rings. The van der Waals surface area contributed by atoms with Gasteiger partial charge in [0.05, 0.1) is 12.1 Å². The van der Waals surface area contributed by atoms with Crippen LogP contribution >= 0.6 is 27.3 Å². The third kappa shape index (κ3) is 3.83. The maximum atomic E-state index is 11.1. The lowest BCUT2D eigenvalue weighted by Crippen LogP contribution is -2.21. The molecular formula is C15H17BrN2O2S. The smallest absolute Gasteiger partial charge is 0.308 e. The summed E-state index contributed by atoms with van der Waals surface area (Å²) in [5.74, 6) is -0.830. The topological polar surface area (TPSA) is 53.4 Å². The van der Waals surface area contributed by atoms with Gasteiger partial charge in [-0.15, -0.1) is 11.3 Å². The highest BCUT2D eigenvalue weighted by Gasteiger charge is 2.18. The van der Waals surface area contributed by atoms with Gasteiger partial charge in [-0.05, 0) is 26.0 Å². The fourth-order valence-electron chi connectivity index (χ4n) is 2.06. The Morgan fingerprint density at radius 1 is 1.29 bits per heavy atom. The summed E-state index contributed by atoms with van der Waals surface area (Å²) in [5, 5.41) is 9.99. The summed E-state index contributed by atoms with van der Waals surface area (Å²) in [6.07, 6.45) is 0.00430. The molecule has 0 aliphatic heterocycles. The van der Waals surface area contributed by atoms with Crippen molar-refractivity contribution in [1.82, 2.24) is 4.98 Å². The predicted octanol–water partition coefficient (Wildman–Crippen LogP) is 4.05. The Hall–Kier alpha value is -1.40. The van der Waals surface area contributed by atoms with Gasteiger partial charge in [-0.25, -0.2) is 4.98 Å². The van der Waals surface area contributed by atoms with E-state index in [2.05, 4.69) is 39.7 Å². The van der Waals surface area contributed by atoms with Gasteiger partial charge in [0.25, 0.3) is 0 Å². The number of aromatic nitrogens is 1. The lowest BCUT2D eigenvalue weighted by Gasteiger charge is -2.16. The van der Waals surface area contributed by atoms with E-state index in [0.717, 1.165) is 38.8 Å². The summed E-state index contributed by atoms with van der Waals surface area (Å²) in [6, 6.07) is 7.79. The molecule has 6 heteroatoms. The van der Waals surface area contributed by atoms with Crippen molar-refractivity contribution in [2.45, 2.75) is 20.3 Å². The molecule has 1 N–H and O–H groups in total. The van der Waals surface area contributed by atoms with Crippen LogP contribution in [-0.4, -0.2) is 29.1 Å². The Balaban J connectivity index is 2.46. The van der Waals surface area contributed by atoms with E-state index in [1.807, 2.05) is 24.3 Å². The summed E-state index contributed by atoms with van der Waals surface area (Å²) in [4.78, 5) is 18.7. The second kappa shape index (κ2) is 7.04. The minimum absolute atomic E-state index is 0.00430. The Morgan fingerprint density at radius 3 is 2.43 bits per heavy atom. The largest absolute Gasteiger partial charge is 0.481 e. The third-order valence-corrected chi connectivity index (χ3v) is 4.79. The maximum Gasteiger partial charge on any atom is 0.308 e. The molecule has 0 bridgehead atoms. The molecule has 1 aromatic carbocycles. The minimum atomic E-state index is -0.830. The number of anilines is 1. The average Bonchev–Trinajstić information content (AvgIpc) is 2.84. The van der Waals surface area contributed by atoms with E-state index in [0.29, 0.717) is 0 Å². The van der Waals surface area contributed by atoms with Crippen LogP contribution in [0.3, 0.4) is 0 Å². The molecule has 0 spiro atoms. The second-order valence-corrected chi connectivity index (χ2v) is 6.50. The lowest BCUT2D eigenvalue weighted by molar-refractivity contribution is -0.136. The van der Waals surface area contributed by atoms with E-state index in [-0.39, 0.29) is 6.42 Å². The molecule has 0 amide bonds. The van der Waals surface area contributed by atoms with E-state index >= 15 is 0 Å². The van der Waals surface area contributed by atoms with Crippen LogP contribution in [0.4, 0.5) is 5.13 Å². The quantitative estimate of drug-likeness (QED) is 0.835. The summed E-state index contributed by atoms with van der Waals surface area (Å²) in [5.41, 5.74) is 1.72. The molecule has 0 aliphatic rings. The van der Waals surface area contributed by atoms with Crippen LogP contribution in [-0.2, 0) is 11.2 Å². The molecule has 0 saturated carbocycles. The number of benzene rings is 1. The van der Waals surface area contributed by atoms with Gasteiger partial charge in [0, 0.05) is 28.0 Å². The first-order valence-corrected chi connectivity index (χ1v) is 8.38. The first kappa shape index (κ1) is 16.0. The van der Waals surface area contributed by atoms with Gasteiger partial charge in [0.2, 0.25) is 0 Å². The zero-order chi connectivity index (χ0) is 15.4. The van der Waals surface area contributed by atoms with Gasteiger partial charge >= 0.3 is 5.97 Å². The first-order valence-electron chi connectivity index (χ1n) is 6.77. The fourth-order valence-corrected chi connectivity index (χ4v) is 3.52. The van der Waals surface area contributed by atoms with Gasteiger partial charge in [0.1, 0.15) is 0 Å². The van der Waals surface area contributed by atoms with Gasteiger partial charge in [-0.1, -0.05) is 28.1 Å². The van der Waals surface area contributed by atoms with Crippen molar-refractivity contribution in [3.63, 3.8) is 0 Å². The van der Waals surface area contributed by atoms with Crippen molar-refractivity contribution >= 4 is 38.4 Å². The average molecular weight is 369 g/mol. The Bertz CT molecular complexity index is 621. The number of nitrogens with zero attached hydrogens (tertiary/aromatic N) is 2. The zero-order valence-electron chi connectivity index (χ0n) is 12.0. The number of thiazole rings is 1. The van der Waals surface area contributed by atoms with Crippen molar-refractivity contribution in [3.8, 4) is 11.3 Å². The zero-order valence-corrected chi connectivity index (χ0v) is 14.4. The molecule has 1 heterocycles. The number of rotatable bonds is 6. The van der Waals surface area contributed by atoms with Crippen molar-refractivity contribution in [1.29, 1.82) is 0 Å². The third-order valence-electron chi connectivity index (χ3n) is 3.15. The number of halogens is 1. The second-order valence-electron chi connectivity index (χ2n) is 4.52. The minimum Gasteiger partial charge on any atom is -0.481 e. The maximum absolute atomic E-state index is 11.1. The summed E-state index contributed by atoms with van der Waals surface area (Å²) < 4.78 is 0.991. The molecule has 0 radical (unpaired) electrons. The van der Waals surface area contributed by atoms with Crippen LogP contribution in [0.1, 0.15) is 18.7 Å². The van der Waals surface area contributed by atoms with Crippen molar-refractivity contribution < 1.29 is 9.90 Å². The molecule has 2 aromatic rings. The highest BCUT2D eigenvalue weighted by atomic mass is 79.9. The Kier molecular flexibility index (Phi) is 5.36. The van der Waals surface area contributed by atoms with Crippen LogP contribution in [0.5, 0.6) is 0 Å². The van der Waals surface area contributed by atoms with E-state index in [9.17, 15) is 4.79 Å². The normalized spacial score (nSPS) is 10.6.